The van der Waals surface area contributed by atoms with Crippen LogP contribution in [0.25, 0.3) is 0 Å². The Morgan fingerprint density at radius 2 is 1.55 bits per heavy atom. The monoisotopic (exact) mass is 310 g/mol. The first-order valence-electron chi connectivity index (χ1n) is 6.04. The van der Waals surface area contributed by atoms with E-state index in [1.54, 1.807) is 24.3 Å². The maximum atomic E-state index is 12.0. The number of amides is 1. The zero-order chi connectivity index (χ0) is 13.8. The lowest BCUT2D eigenvalue weighted by Gasteiger charge is -2.08. The highest BCUT2D eigenvalue weighted by Crippen LogP contribution is 2.14. The third-order valence-corrected chi connectivity index (χ3v) is 3.08. The van der Waals surface area contributed by atoms with Crippen LogP contribution in [0.2, 0.25) is 5.02 Å². The molecule has 5 heteroatoms. The normalized spacial score (nSPS) is 10.0. The van der Waals surface area contributed by atoms with E-state index in [2.05, 4.69) is 19.4 Å². The number of halogens is 2. The second-order valence-corrected chi connectivity index (χ2v) is 4.97. The molecule has 0 fully saturated rings. The van der Waals surface area contributed by atoms with Crippen molar-refractivity contribution in [3.63, 3.8) is 0 Å². The summed E-state index contributed by atoms with van der Waals surface area (Å²) >= 11 is 5.79. The minimum Gasteiger partial charge on any atom is -1.00 e. The van der Waals surface area contributed by atoms with Gasteiger partial charge in [-0.3, -0.25) is 4.79 Å². The first-order chi connectivity index (χ1) is 9.06. The van der Waals surface area contributed by atoms with Crippen molar-refractivity contribution in [1.82, 2.24) is 0 Å². The summed E-state index contributed by atoms with van der Waals surface area (Å²) in [6.07, 6.45) is 0. The largest absolute Gasteiger partial charge is 1.00 e. The predicted molar refractivity (Wildman–Crippen MR) is 78.3 cm³/mol. The lowest BCUT2D eigenvalue weighted by molar-refractivity contribution is -0.786. The fraction of sp³-hybridized carbons (Fsp3) is 0.133. The molecule has 0 aliphatic carbocycles. The van der Waals surface area contributed by atoms with Gasteiger partial charge in [-0.2, -0.15) is 0 Å². The summed E-state index contributed by atoms with van der Waals surface area (Å²) in [5, 5.41) is 3.47. The number of rotatable bonds is 3. The van der Waals surface area contributed by atoms with Crippen LogP contribution in [0.3, 0.4) is 0 Å². The van der Waals surface area contributed by atoms with E-state index in [0.717, 1.165) is 5.69 Å². The van der Waals surface area contributed by atoms with Gasteiger partial charge < -0.3 is 22.6 Å². The summed E-state index contributed by atoms with van der Waals surface area (Å²) in [5.74, 6) is -0.137. The zero-order valence-corrected chi connectivity index (χ0v) is 12.8. The Labute approximate surface area is 130 Å². The molecule has 0 heterocycles. The first-order valence-corrected chi connectivity index (χ1v) is 6.41. The lowest BCUT2D eigenvalue weighted by Crippen LogP contribution is -3.00. The van der Waals surface area contributed by atoms with E-state index in [0.29, 0.717) is 10.6 Å². The van der Waals surface area contributed by atoms with Gasteiger partial charge in [-0.25, -0.2) is 0 Å². The molecule has 2 rings (SSSR count). The average Bonchev–Trinajstić information content (AvgIpc) is 2.40. The van der Waals surface area contributed by atoms with Crippen molar-refractivity contribution in [3.05, 3.63) is 59.1 Å². The van der Waals surface area contributed by atoms with Crippen LogP contribution in [0, 0.1) is 0 Å². The second-order valence-electron chi connectivity index (χ2n) is 4.54. The van der Waals surface area contributed by atoms with Crippen LogP contribution >= 0.6 is 11.6 Å². The van der Waals surface area contributed by atoms with Crippen LogP contribution in [0.1, 0.15) is 10.4 Å². The van der Waals surface area contributed by atoms with Gasteiger partial charge in [-0.05, 0) is 36.4 Å². The van der Waals surface area contributed by atoms with Crippen molar-refractivity contribution in [1.29, 1.82) is 0 Å². The van der Waals surface area contributed by atoms with Gasteiger partial charge in [-0.15, -0.1) is 0 Å². The summed E-state index contributed by atoms with van der Waals surface area (Å²) in [5.41, 5.74) is 2.54. The van der Waals surface area contributed by atoms with Crippen LogP contribution in [0.4, 0.5) is 11.4 Å². The maximum Gasteiger partial charge on any atom is 0.255 e. The number of hydrogen-bond acceptors (Lipinski definition) is 1. The Kier molecular flexibility index (Phi) is 6.02. The van der Waals surface area contributed by atoms with Gasteiger partial charge in [0.15, 0.2) is 0 Å². The van der Waals surface area contributed by atoms with Crippen molar-refractivity contribution in [2.75, 3.05) is 19.4 Å². The van der Waals surface area contributed by atoms with Gasteiger partial charge in [0.25, 0.3) is 5.91 Å². The molecule has 3 nitrogen and oxygen atoms in total. The Hall–Kier alpha value is -1.55. The van der Waals surface area contributed by atoms with Gasteiger partial charge in [0.1, 0.15) is 5.69 Å². The number of quaternary nitrogens is 1. The van der Waals surface area contributed by atoms with Crippen molar-refractivity contribution < 1.29 is 22.1 Å². The summed E-state index contributed by atoms with van der Waals surface area (Å²) in [6, 6.07) is 14.6. The van der Waals surface area contributed by atoms with Gasteiger partial charge >= 0.3 is 0 Å². The molecular weight excluding hydrogens is 295 g/mol. The SMILES string of the molecule is C[NH+](C)c1ccc(NC(=O)c2ccc(Cl)cc2)cc1.[Cl-]. The minimum atomic E-state index is -0.137. The molecule has 0 atom stereocenters. The van der Waals surface area contributed by atoms with E-state index in [-0.39, 0.29) is 18.3 Å². The van der Waals surface area contributed by atoms with Gasteiger partial charge in [0.05, 0.1) is 14.1 Å². The highest BCUT2D eigenvalue weighted by molar-refractivity contribution is 6.30. The summed E-state index contributed by atoms with van der Waals surface area (Å²) in [7, 11) is 4.11. The molecular formula is C15H16Cl2N2O. The second kappa shape index (κ2) is 7.29. The average molecular weight is 311 g/mol. The molecule has 0 saturated heterocycles. The molecule has 2 aromatic carbocycles. The summed E-state index contributed by atoms with van der Waals surface area (Å²) < 4.78 is 0. The Morgan fingerprint density at radius 1 is 1.00 bits per heavy atom. The van der Waals surface area contributed by atoms with Crippen molar-refractivity contribution in [2.45, 2.75) is 0 Å². The molecule has 1 amide bonds. The maximum absolute atomic E-state index is 12.0. The Morgan fingerprint density at radius 3 is 2.05 bits per heavy atom. The number of benzene rings is 2. The molecule has 0 bridgehead atoms. The van der Waals surface area contributed by atoms with Crippen molar-refractivity contribution >= 4 is 28.9 Å². The quantitative estimate of drug-likeness (QED) is 0.778. The predicted octanol–water partition coefficient (Wildman–Crippen LogP) is -0.628. The van der Waals surface area contributed by atoms with Crippen LogP contribution in [0.15, 0.2) is 48.5 Å². The zero-order valence-electron chi connectivity index (χ0n) is 11.3. The van der Waals surface area contributed by atoms with E-state index < -0.39 is 0 Å². The molecule has 0 unspecified atom stereocenters. The number of nitrogens with one attached hydrogen (secondary N) is 2. The van der Waals surface area contributed by atoms with E-state index in [1.165, 1.54) is 10.6 Å². The molecule has 0 aliphatic rings. The molecule has 106 valence electrons. The van der Waals surface area contributed by atoms with Crippen molar-refractivity contribution in [2.24, 2.45) is 0 Å². The summed E-state index contributed by atoms with van der Waals surface area (Å²) in [4.78, 5) is 13.2. The van der Waals surface area contributed by atoms with E-state index in [9.17, 15) is 4.79 Å². The molecule has 0 saturated carbocycles. The molecule has 2 aromatic rings. The van der Waals surface area contributed by atoms with Gasteiger partial charge in [0.2, 0.25) is 0 Å². The molecule has 0 aliphatic heterocycles. The molecule has 20 heavy (non-hydrogen) atoms. The molecule has 0 radical (unpaired) electrons. The van der Waals surface area contributed by atoms with Gasteiger partial charge in [0, 0.05) is 28.4 Å². The molecule has 2 N–H and O–H groups in total. The number of anilines is 1. The topological polar surface area (TPSA) is 33.5 Å². The number of carbonyl (C=O) groups excluding carboxylic acids is 1. The fourth-order valence-electron chi connectivity index (χ4n) is 1.69. The van der Waals surface area contributed by atoms with E-state index in [1.807, 2.05) is 24.3 Å². The van der Waals surface area contributed by atoms with Crippen LogP contribution in [-0.4, -0.2) is 20.0 Å². The third kappa shape index (κ3) is 4.23. The van der Waals surface area contributed by atoms with E-state index in [4.69, 9.17) is 11.6 Å². The molecule has 0 aromatic heterocycles. The van der Waals surface area contributed by atoms with Crippen molar-refractivity contribution in [3.8, 4) is 0 Å². The first kappa shape index (κ1) is 16.5. The third-order valence-electron chi connectivity index (χ3n) is 2.83. The summed E-state index contributed by atoms with van der Waals surface area (Å²) in [6.45, 7) is 0. The Bertz CT molecular complexity index is 565. The Balaban J connectivity index is 0.00000200. The van der Waals surface area contributed by atoms with Crippen LogP contribution < -0.4 is 22.6 Å². The number of carbonyl (C=O) groups is 1. The molecule has 0 spiro atoms. The number of hydrogen-bond donors (Lipinski definition) is 2. The smallest absolute Gasteiger partial charge is 0.255 e. The van der Waals surface area contributed by atoms with Crippen LogP contribution in [-0.2, 0) is 0 Å². The highest BCUT2D eigenvalue weighted by Gasteiger charge is 2.06. The van der Waals surface area contributed by atoms with Gasteiger partial charge in [-0.1, -0.05) is 11.6 Å². The lowest BCUT2D eigenvalue weighted by atomic mass is 10.2. The minimum absolute atomic E-state index is 0. The fourth-order valence-corrected chi connectivity index (χ4v) is 1.82. The standard InChI is InChI=1S/C15H15ClN2O.ClH/c1-18(2)14-9-7-13(8-10-14)17-15(19)11-3-5-12(16)6-4-11;/h3-10H,1-2H3,(H,17,19);1H. The van der Waals surface area contributed by atoms with E-state index >= 15 is 0 Å². The van der Waals surface area contributed by atoms with Crippen LogP contribution in [0.5, 0.6) is 0 Å². The highest BCUT2D eigenvalue weighted by atomic mass is 35.5.